The summed E-state index contributed by atoms with van der Waals surface area (Å²) in [6.45, 7) is 6.11. The van der Waals surface area contributed by atoms with E-state index < -0.39 is 11.7 Å². The molecule has 0 spiro atoms. The minimum Gasteiger partial charge on any atom is -0.483 e. The van der Waals surface area contributed by atoms with Gasteiger partial charge < -0.3 is 4.74 Å². The van der Waals surface area contributed by atoms with Crippen LogP contribution in [0.1, 0.15) is 30.0 Å². The molecule has 0 amide bonds. The van der Waals surface area contributed by atoms with E-state index in [1.54, 1.807) is 12.1 Å². The zero-order valence-corrected chi connectivity index (χ0v) is 16.6. The summed E-state index contributed by atoms with van der Waals surface area (Å²) >= 11 is 1.32. The van der Waals surface area contributed by atoms with Crippen LogP contribution in [-0.4, -0.2) is 14.8 Å². The molecule has 8 heteroatoms. The van der Waals surface area contributed by atoms with Gasteiger partial charge in [0.15, 0.2) is 17.1 Å². The van der Waals surface area contributed by atoms with E-state index in [4.69, 9.17) is 4.74 Å². The average molecular weight is 419 g/mol. The highest BCUT2D eigenvalue weighted by molar-refractivity contribution is 7.98. The molecule has 2 aromatic carbocycles. The van der Waals surface area contributed by atoms with Gasteiger partial charge >= 0.3 is 6.18 Å². The number of allylic oxidation sites excluding steroid dienone is 1. The van der Waals surface area contributed by atoms with Crippen molar-refractivity contribution in [1.29, 1.82) is 0 Å². The normalized spacial score (nSPS) is 12.6. The first-order valence-electron chi connectivity index (χ1n) is 8.93. The Morgan fingerprint density at radius 3 is 2.59 bits per heavy atom. The molecule has 0 aliphatic heterocycles. The summed E-state index contributed by atoms with van der Waals surface area (Å²) in [6, 6.07) is 14.7. The van der Waals surface area contributed by atoms with E-state index in [9.17, 15) is 13.2 Å². The Labute approximate surface area is 171 Å². The SMILES string of the molecule is C=CCn1c(SCc2cccc(C(F)(F)F)c2)nnc1C(C)Oc1ccccc1. The molecule has 0 fully saturated rings. The summed E-state index contributed by atoms with van der Waals surface area (Å²) in [7, 11) is 0. The molecule has 0 radical (unpaired) electrons. The zero-order valence-electron chi connectivity index (χ0n) is 15.8. The molecule has 0 bridgehead atoms. The van der Waals surface area contributed by atoms with Gasteiger partial charge in [0.2, 0.25) is 0 Å². The molecule has 0 aliphatic rings. The number of hydrogen-bond donors (Lipinski definition) is 0. The quantitative estimate of drug-likeness (QED) is 0.336. The van der Waals surface area contributed by atoms with Crippen LogP contribution in [0.5, 0.6) is 5.75 Å². The minimum atomic E-state index is -4.36. The van der Waals surface area contributed by atoms with Crippen LogP contribution in [0.25, 0.3) is 0 Å². The van der Waals surface area contributed by atoms with Crippen LogP contribution in [-0.2, 0) is 18.5 Å². The first-order chi connectivity index (χ1) is 13.9. The average Bonchev–Trinajstić information content (AvgIpc) is 3.10. The maximum absolute atomic E-state index is 12.9. The molecule has 152 valence electrons. The van der Waals surface area contributed by atoms with E-state index in [1.165, 1.54) is 17.8 Å². The number of halogens is 3. The van der Waals surface area contributed by atoms with Crippen molar-refractivity contribution in [3.05, 3.63) is 84.2 Å². The van der Waals surface area contributed by atoms with Gasteiger partial charge in [0.1, 0.15) is 5.75 Å². The molecule has 0 N–H and O–H groups in total. The predicted octanol–water partition coefficient (Wildman–Crippen LogP) is 5.92. The fourth-order valence-electron chi connectivity index (χ4n) is 2.75. The van der Waals surface area contributed by atoms with E-state index in [1.807, 2.05) is 41.8 Å². The molecule has 29 heavy (non-hydrogen) atoms. The standard InChI is InChI=1S/C21H20F3N3OS/c1-3-12-27-19(15(2)28-18-10-5-4-6-11-18)25-26-20(27)29-14-16-8-7-9-17(13-16)21(22,23)24/h3-11,13,15H,1,12,14H2,2H3. The van der Waals surface area contributed by atoms with Gasteiger partial charge in [-0.2, -0.15) is 13.2 Å². The van der Waals surface area contributed by atoms with Crippen LogP contribution in [0.4, 0.5) is 13.2 Å². The van der Waals surface area contributed by atoms with Crippen LogP contribution >= 0.6 is 11.8 Å². The van der Waals surface area contributed by atoms with Crippen molar-refractivity contribution in [2.75, 3.05) is 0 Å². The summed E-state index contributed by atoms with van der Waals surface area (Å²) in [4.78, 5) is 0. The van der Waals surface area contributed by atoms with E-state index in [0.29, 0.717) is 34.6 Å². The Bertz CT molecular complexity index is 957. The Morgan fingerprint density at radius 1 is 1.14 bits per heavy atom. The van der Waals surface area contributed by atoms with Crippen molar-refractivity contribution in [2.24, 2.45) is 0 Å². The number of ether oxygens (including phenoxy) is 1. The number of para-hydroxylation sites is 1. The lowest BCUT2D eigenvalue weighted by Crippen LogP contribution is -2.12. The number of aromatic nitrogens is 3. The smallest absolute Gasteiger partial charge is 0.416 e. The molecule has 0 aliphatic carbocycles. The van der Waals surface area contributed by atoms with Crippen LogP contribution < -0.4 is 4.74 Å². The highest BCUT2D eigenvalue weighted by Crippen LogP contribution is 2.31. The molecule has 1 aromatic heterocycles. The maximum Gasteiger partial charge on any atom is 0.416 e. The Hall–Kier alpha value is -2.74. The van der Waals surface area contributed by atoms with Crippen LogP contribution in [0.15, 0.2) is 72.4 Å². The highest BCUT2D eigenvalue weighted by atomic mass is 32.2. The lowest BCUT2D eigenvalue weighted by molar-refractivity contribution is -0.137. The fourth-order valence-corrected chi connectivity index (χ4v) is 3.65. The van der Waals surface area contributed by atoms with Gasteiger partial charge in [-0.1, -0.05) is 54.2 Å². The van der Waals surface area contributed by atoms with Gasteiger partial charge in [0.05, 0.1) is 5.56 Å². The fraction of sp³-hybridized carbons (Fsp3) is 0.238. The lowest BCUT2D eigenvalue weighted by Gasteiger charge is -2.15. The van der Waals surface area contributed by atoms with E-state index >= 15 is 0 Å². The van der Waals surface area contributed by atoms with E-state index in [2.05, 4.69) is 16.8 Å². The first kappa shape index (κ1) is 21.0. The largest absolute Gasteiger partial charge is 0.483 e. The highest BCUT2D eigenvalue weighted by Gasteiger charge is 2.30. The second-order valence-electron chi connectivity index (χ2n) is 6.30. The number of hydrogen-bond acceptors (Lipinski definition) is 4. The lowest BCUT2D eigenvalue weighted by atomic mass is 10.1. The maximum atomic E-state index is 12.9. The molecule has 3 aromatic rings. The van der Waals surface area contributed by atoms with Gasteiger partial charge in [0.25, 0.3) is 0 Å². The third kappa shape index (κ3) is 5.41. The van der Waals surface area contributed by atoms with E-state index in [0.717, 1.165) is 12.1 Å². The topological polar surface area (TPSA) is 39.9 Å². The number of nitrogens with zero attached hydrogens (tertiary/aromatic N) is 3. The molecule has 1 unspecified atom stereocenters. The van der Waals surface area contributed by atoms with Crippen LogP contribution in [0, 0.1) is 0 Å². The van der Waals surface area contributed by atoms with Gasteiger partial charge in [-0.05, 0) is 30.7 Å². The van der Waals surface area contributed by atoms with Gasteiger partial charge in [-0.3, -0.25) is 4.57 Å². The predicted molar refractivity (Wildman–Crippen MR) is 107 cm³/mol. The summed E-state index contributed by atoms with van der Waals surface area (Å²) in [5.74, 6) is 1.68. The number of benzene rings is 2. The molecular formula is C21H20F3N3OS. The summed E-state index contributed by atoms with van der Waals surface area (Å²) < 4.78 is 46.5. The molecule has 3 rings (SSSR count). The second kappa shape index (κ2) is 9.17. The molecule has 4 nitrogen and oxygen atoms in total. The second-order valence-corrected chi connectivity index (χ2v) is 7.24. The molecule has 1 atom stereocenters. The summed E-state index contributed by atoms with van der Waals surface area (Å²) in [5, 5.41) is 9.05. The van der Waals surface area contributed by atoms with Crippen molar-refractivity contribution < 1.29 is 17.9 Å². The van der Waals surface area contributed by atoms with Crippen molar-refractivity contribution >= 4 is 11.8 Å². The van der Waals surface area contributed by atoms with Crippen LogP contribution in [0.2, 0.25) is 0 Å². The van der Waals surface area contributed by atoms with Crippen molar-refractivity contribution in [2.45, 2.75) is 36.7 Å². The minimum absolute atomic E-state index is 0.340. The molecule has 0 saturated carbocycles. The van der Waals surface area contributed by atoms with Gasteiger partial charge in [0, 0.05) is 12.3 Å². The number of rotatable bonds is 8. The summed E-state index contributed by atoms with van der Waals surface area (Å²) in [6.07, 6.45) is -3.00. The van der Waals surface area contributed by atoms with Crippen molar-refractivity contribution in [1.82, 2.24) is 14.8 Å². The molecule has 0 saturated heterocycles. The monoisotopic (exact) mass is 419 g/mol. The first-order valence-corrected chi connectivity index (χ1v) is 9.91. The van der Waals surface area contributed by atoms with Gasteiger partial charge in [-0.15, -0.1) is 16.8 Å². The Balaban J connectivity index is 1.76. The summed E-state index contributed by atoms with van der Waals surface area (Å²) in [5.41, 5.74) is -0.0955. The number of thioether (sulfide) groups is 1. The molecular weight excluding hydrogens is 399 g/mol. The molecule has 1 heterocycles. The third-order valence-electron chi connectivity index (χ3n) is 4.10. The van der Waals surface area contributed by atoms with E-state index in [-0.39, 0.29) is 6.10 Å². The Morgan fingerprint density at radius 2 is 1.90 bits per heavy atom. The van der Waals surface area contributed by atoms with Crippen molar-refractivity contribution in [3.63, 3.8) is 0 Å². The third-order valence-corrected chi connectivity index (χ3v) is 5.14. The van der Waals surface area contributed by atoms with Crippen molar-refractivity contribution in [3.8, 4) is 5.75 Å². The van der Waals surface area contributed by atoms with Crippen LogP contribution in [0.3, 0.4) is 0 Å². The van der Waals surface area contributed by atoms with Gasteiger partial charge in [-0.25, -0.2) is 0 Å². The number of alkyl halides is 3. The Kier molecular flexibility index (Phi) is 6.64. The zero-order chi connectivity index (χ0) is 20.9.